The molecule has 4 heteroatoms. The van der Waals surface area contributed by atoms with Crippen LogP contribution in [0.2, 0.25) is 0 Å². The summed E-state index contributed by atoms with van der Waals surface area (Å²) in [5, 5.41) is 10.7. The van der Waals surface area contributed by atoms with Crippen LogP contribution in [0.3, 0.4) is 0 Å². The predicted molar refractivity (Wildman–Crippen MR) is 75.5 cm³/mol. The lowest BCUT2D eigenvalue weighted by atomic mass is 9.76. The number of carbonyl (C=O) groups is 1. The highest BCUT2D eigenvalue weighted by atomic mass is 16.5. The Morgan fingerprint density at radius 3 is 3.05 bits per heavy atom. The van der Waals surface area contributed by atoms with E-state index in [4.69, 9.17) is 4.74 Å². The largest absolute Gasteiger partial charge is 0.481 e. The zero-order valence-electron chi connectivity index (χ0n) is 11.4. The van der Waals surface area contributed by atoms with Crippen LogP contribution >= 0.6 is 0 Å². The summed E-state index contributed by atoms with van der Waals surface area (Å²) in [7, 11) is 0. The van der Waals surface area contributed by atoms with Gasteiger partial charge in [0.05, 0.1) is 17.0 Å². The molecule has 1 fully saturated rings. The maximum Gasteiger partial charge on any atom is 0.312 e. The van der Waals surface area contributed by atoms with Crippen molar-refractivity contribution < 1.29 is 14.6 Å². The second-order valence-corrected chi connectivity index (χ2v) is 5.43. The smallest absolute Gasteiger partial charge is 0.312 e. The van der Waals surface area contributed by atoms with E-state index in [1.165, 1.54) is 0 Å². The molecule has 1 aliphatic heterocycles. The SMILES string of the molecule is CC1OCCC1(Cc1ccc2ncccc2c1)C(=O)O. The zero-order chi connectivity index (χ0) is 14.2. The average Bonchev–Trinajstić information content (AvgIpc) is 2.81. The summed E-state index contributed by atoms with van der Waals surface area (Å²) in [5.41, 5.74) is 1.14. The van der Waals surface area contributed by atoms with Gasteiger partial charge in [0.1, 0.15) is 0 Å². The van der Waals surface area contributed by atoms with Crippen LogP contribution in [0.1, 0.15) is 18.9 Å². The number of benzene rings is 1. The van der Waals surface area contributed by atoms with Gasteiger partial charge >= 0.3 is 5.97 Å². The lowest BCUT2D eigenvalue weighted by molar-refractivity contribution is -0.151. The highest BCUT2D eigenvalue weighted by molar-refractivity contribution is 5.80. The van der Waals surface area contributed by atoms with Gasteiger partial charge in [-0.05, 0) is 43.5 Å². The Labute approximate surface area is 117 Å². The molecule has 1 aromatic carbocycles. The second kappa shape index (κ2) is 4.87. The number of rotatable bonds is 3. The molecule has 0 spiro atoms. The van der Waals surface area contributed by atoms with Gasteiger partial charge in [0.2, 0.25) is 0 Å². The number of fused-ring (bicyclic) bond motifs is 1. The summed E-state index contributed by atoms with van der Waals surface area (Å²) >= 11 is 0. The Balaban J connectivity index is 1.97. The number of aromatic nitrogens is 1. The maximum absolute atomic E-state index is 11.7. The molecular weight excluding hydrogens is 254 g/mol. The zero-order valence-corrected chi connectivity index (χ0v) is 11.4. The molecule has 3 rings (SSSR count). The van der Waals surface area contributed by atoms with Crippen LogP contribution in [0, 0.1) is 5.41 Å². The van der Waals surface area contributed by atoms with Crippen LogP contribution in [-0.2, 0) is 16.0 Å². The van der Waals surface area contributed by atoms with E-state index in [1.807, 2.05) is 37.3 Å². The number of carboxylic acid groups (broad SMARTS) is 1. The molecule has 0 radical (unpaired) electrons. The normalized spacial score (nSPS) is 25.9. The predicted octanol–water partition coefficient (Wildman–Crippen LogP) is 2.66. The second-order valence-electron chi connectivity index (χ2n) is 5.43. The Hall–Kier alpha value is -1.94. The van der Waals surface area contributed by atoms with Crippen LogP contribution < -0.4 is 0 Å². The quantitative estimate of drug-likeness (QED) is 0.932. The minimum Gasteiger partial charge on any atom is -0.481 e. The van der Waals surface area contributed by atoms with Gasteiger partial charge in [0, 0.05) is 18.2 Å². The van der Waals surface area contributed by atoms with E-state index in [2.05, 4.69) is 4.98 Å². The van der Waals surface area contributed by atoms with Crippen molar-refractivity contribution in [3.63, 3.8) is 0 Å². The van der Waals surface area contributed by atoms with E-state index in [0.29, 0.717) is 19.4 Å². The lowest BCUT2D eigenvalue weighted by Gasteiger charge is -2.27. The molecule has 4 nitrogen and oxygen atoms in total. The van der Waals surface area contributed by atoms with Gasteiger partial charge in [0.25, 0.3) is 0 Å². The molecule has 2 heterocycles. The van der Waals surface area contributed by atoms with Crippen molar-refractivity contribution in [2.45, 2.75) is 25.9 Å². The Bertz CT molecular complexity index is 655. The molecule has 0 saturated carbocycles. The van der Waals surface area contributed by atoms with E-state index in [1.54, 1.807) is 6.20 Å². The van der Waals surface area contributed by atoms with E-state index in [0.717, 1.165) is 16.5 Å². The highest BCUT2D eigenvalue weighted by Crippen LogP contribution is 2.38. The molecule has 2 unspecified atom stereocenters. The first-order valence-corrected chi connectivity index (χ1v) is 6.80. The minimum atomic E-state index is -0.810. The van der Waals surface area contributed by atoms with E-state index < -0.39 is 11.4 Å². The Morgan fingerprint density at radius 1 is 1.50 bits per heavy atom. The van der Waals surface area contributed by atoms with Crippen molar-refractivity contribution in [2.75, 3.05) is 6.61 Å². The van der Waals surface area contributed by atoms with E-state index in [9.17, 15) is 9.90 Å². The van der Waals surface area contributed by atoms with Gasteiger partial charge in [-0.2, -0.15) is 0 Å². The number of ether oxygens (including phenoxy) is 1. The Kier molecular flexibility index (Phi) is 3.18. The molecule has 0 aliphatic carbocycles. The van der Waals surface area contributed by atoms with Gasteiger partial charge < -0.3 is 9.84 Å². The molecule has 1 N–H and O–H groups in total. The molecule has 20 heavy (non-hydrogen) atoms. The fraction of sp³-hybridized carbons (Fsp3) is 0.375. The van der Waals surface area contributed by atoms with Crippen LogP contribution in [-0.4, -0.2) is 28.8 Å². The van der Waals surface area contributed by atoms with Gasteiger partial charge in [-0.15, -0.1) is 0 Å². The van der Waals surface area contributed by atoms with Gasteiger partial charge in [-0.25, -0.2) is 0 Å². The third-order valence-electron chi connectivity index (χ3n) is 4.31. The fourth-order valence-corrected chi connectivity index (χ4v) is 2.97. The first-order chi connectivity index (χ1) is 9.62. The van der Waals surface area contributed by atoms with E-state index in [-0.39, 0.29) is 6.10 Å². The monoisotopic (exact) mass is 271 g/mol. The van der Waals surface area contributed by atoms with Crippen LogP contribution in [0.4, 0.5) is 0 Å². The van der Waals surface area contributed by atoms with Gasteiger partial charge in [-0.1, -0.05) is 12.1 Å². The minimum absolute atomic E-state index is 0.260. The number of nitrogens with zero attached hydrogens (tertiary/aromatic N) is 1. The molecular formula is C16H17NO3. The summed E-state index contributed by atoms with van der Waals surface area (Å²) < 4.78 is 5.50. The standard InChI is InChI=1S/C16H17NO3/c1-11-16(15(18)19,6-8-20-11)10-12-4-5-14-13(9-12)3-2-7-17-14/h2-5,7,9,11H,6,8,10H2,1H3,(H,18,19). The third kappa shape index (κ3) is 2.06. The molecule has 2 aromatic rings. The van der Waals surface area contributed by atoms with Crippen molar-refractivity contribution in [3.05, 3.63) is 42.1 Å². The van der Waals surface area contributed by atoms with Crippen molar-refractivity contribution in [3.8, 4) is 0 Å². The van der Waals surface area contributed by atoms with Crippen molar-refractivity contribution in [1.82, 2.24) is 4.98 Å². The summed E-state index contributed by atoms with van der Waals surface area (Å²) in [6.07, 6.45) is 2.56. The van der Waals surface area contributed by atoms with Crippen LogP contribution in [0.25, 0.3) is 10.9 Å². The number of carboxylic acids is 1. The summed E-state index contributed by atoms with van der Waals surface area (Å²) in [6.45, 7) is 2.37. The Morgan fingerprint density at radius 2 is 2.35 bits per heavy atom. The van der Waals surface area contributed by atoms with Gasteiger partial charge in [0.15, 0.2) is 0 Å². The maximum atomic E-state index is 11.7. The first-order valence-electron chi connectivity index (χ1n) is 6.80. The molecule has 2 atom stereocenters. The molecule has 1 aliphatic rings. The fourth-order valence-electron chi connectivity index (χ4n) is 2.97. The molecule has 0 amide bonds. The van der Waals surface area contributed by atoms with Gasteiger partial charge in [-0.3, -0.25) is 9.78 Å². The van der Waals surface area contributed by atoms with Crippen molar-refractivity contribution in [1.29, 1.82) is 0 Å². The van der Waals surface area contributed by atoms with Crippen LogP contribution in [0.5, 0.6) is 0 Å². The average molecular weight is 271 g/mol. The number of hydrogen-bond acceptors (Lipinski definition) is 3. The first kappa shape index (κ1) is 13.1. The third-order valence-corrected chi connectivity index (χ3v) is 4.31. The number of pyridine rings is 1. The van der Waals surface area contributed by atoms with Crippen LogP contribution in [0.15, 0.2) is 36.5 Å². The molecule has 1 saturated heterocycles. The topological polar surface area (TPSA) is 59.4 Å². The summed E-state index contributed by atoms with van der Waals surface area (Å²) in [6, 6.07) is 9.82. The molecule has 0 bridgehead atoms. The molecule has 104 valence electrons. The molecule has 1 aromatic heterocycles. The highest BCUT2D eigenvalue weighted by Gasteiger charge is 2.48. The lowest BCUT2D eigenvalue weighted by Crippen LogP contribution is -2.39. The van der Waals surface area contributed by atoms with Crippen molar-refractivity contribution in [2.24, 2.45) is 5.41 Å². The van der Waals surface area contributed by atoms with E-state index >= 15 is 0 Å². The number of aliphatic carboxylic acids is 1. The van der Waals surface area contributed by atoms with Crippen molar-refractivity contribution >= 4 is 16.9 Å². The summed E-state index contributed by atoms with van der Waals surface area (Å²) in [5.74, 6) is -0.770. The number of hydrogen-bond donors (Lipinski definition) is 1. The summed E-state index contributed by atoms with van der Waals surface area (Å²) in [4.78, 5) is 16.0.